The number of rotatable bonds is 7. The topological polar surface area (TPSA) is 76.0 Å². The maximum Gasteiger partial charge on any atom is 0.245 e. The number of aromatic nitrogens is 4. The van der Waals surface area contributed by atoms with Gasteiger partial charge in [0, 0.05) is 44.4 Å². The van der Waals surface area contributed by atoms with Crippen LogP contribution in [-0.4, -0.2) is 51.0 Å². The van der Waals surface area contributed by atoms with Crippen LogP contribution in [-0.2, 0) is 11.2 Å². The largest absolute Gasteiger partial charge is 0.497 e. The van der Waals surface area contributed by atoms with Crippen LogP contribution in [0.25, 0.3) is 11.0 Å². The van der Waals surface area contributed by atoms with E-state index in [1.165, 1.54) is 0 Å². The number of amides is 1. The number of hydrogen-bond acceptors (Lipinski definition) is 4. The van der Waals surface area contributed by atoms with Crippen LogP contribution in [0.15, 0.2) is 30.6 Å². The van der Waals surface area contributed by atoms with Crippen LogP contribution in [0.5, 0.6) is 5.75 Å². The van der Waals surface area contributed by atoms with E-state index in [4.69, 9.17) is 4.74 Å². The number of carbonyl (C=O) groups is 1. The van der Waals surface area contributed by atoms with E-state index in [-0.39, 0.29) is 17.9 Å². The lowest BCUT2D eigenvalue weighted by molar-refractivity contribution is -0.133. The van der Waals surface area contributed by atoms with E-state index in [1.807, 2.05) is 42.9 Å². The molecule has 3 aromatic rings. The highest BCUT2D eigenvalue weighted by Gasteiger charge is 2.22. The number of aromatic amines is 1. The van der Waals surface area contributed by atoms with Crippen molar-refractivity contribution in [2.75, 3.05) is 20.7 Å². The number of H-pyrrole nitrogens is 1. The van der Waals surface area contributed by atoms with Crippen molar-refractivity contribution in [3.8, 4) is 5.75 Å². The molecule has 1 amide bonds. The minimum atomic E-state index is -0.283. The van der Waals surface area contributed by atoms with Crippen molar-refractivity contribution in [1.82, 2.24) is 24.4 Å². The van der Waals surface area contributed by atoms with Gasteiger partial charge < -0.3 is 19.2 Å². The number of methoxy groups -OCH3 is 1. The molecule has 0 aliphatic heterocycles. The molecule has 2 aromatic heterocycles. The molecule has 144 valence electrons. The predicted molar refractivity (Wildman–Crippen MR) is 105 cm³/mol. The fourth-order valence-corrected chi connectivity index (χ4v) is 3.21. The van der Waals surface area contributed by atoms with E-state index >= 15 is 0 Å². The monoisotopic (exact) mass is 369 g/mol. The van der Waals surface area contributed by atoms with Gasteiger partial charge in [-0.15, -0.1) is 0 Å². The summed E-state index contributed by atoms with van der Waals surface area (Å²) in [4.78, 5) is 26.8. The van der Waals surface area contributed by atoms with Gasteiger partial charge in [0.25, 0.3) is 0 Å². The van der Waals surface area contributed by atoms with Crippen molar-refractivity contribution < 1.29 is 9.53 Å². The van der Waals surface area contributed by atoms with Crippen LogP contribution in [0.1, 0.15) is 44.4 Å². The Labute approximate surface area is 159 Å². The summed E-state index contributed by atoms with van der Waals surface area (Å²) in [6, 6.07) is 5.46. The summed E-state index contributed by atoms with van der Waals surface area (Å²) in [5, 5.41) is 0. The quantitative estimate of drug-likeness (QED) is 0.694. The van der Waals surface area contributed by atoms with Gasteiger partial charge >= 0.3 is 0 Å². The molecule has 0 bridgehead atoms. The molecular weight excluding hydrogens is 342 g/mol. The van der Waals surface area contributed by atoms with Gasteiger partial charge in [-0.2, -0.15) is 0 Å². The molecule has 0 saturated carbocycles. The van der Waals surface area contributed by atoms with Crippen LogP contribution in [0.4, 0.5) is 0 Å². The highest BCUT2D eigenvalue weighted by Crippen LogP contribution is 2.20. The number of nitrogens with zero attached hydrogens (tertiary/aromatic N) is 4. The third-order valence-electron chi connectivity index (χ3n) is 4.79. The fourth-order valence-electron chi connectivity index (χ4n) is 3.21. The number of likely N-dealkylation sites (N-methyl/N-ethyl adjacent to an activating group) is 1. The lowest BCUT2D eigenvalue weighted by Crippen LogP contribution is -2.35. The minimum absolute atomic E-state index is 0.0627. The third-order valence-corrected chi connectivity index (χ3v) is 4.79. The van der Waals surface area contributed by atoms with Crippen LogP contribution in [0, 0.1) is 0 Å². The molecule has 0 aliphatic carbocycles. The molecule has 1 N–H and O–H groups in total. The highest BCUT2D eigenvalue weighted by atomic mass is 16.5. The molecule has 0 spiro atoms. The summed E-state index contributed by atoms with van der Waals surface area (Å²) < 4.78 is 7.20. The third kappa shape index (κ3) is 3.97. The first-order valence-electron chi connectivity index (χ1n) is 9.21. The SMILES string of the molecule is COc1ccc2nc(CCN(C)C(=O)[C@@H](C)n3ccnc3C(C)C)[nH]c2c1. The summed E-state index contributed by atoms with van der Waals surface area (Å²) in [6.45, 7) is 6.67. The van der Waals surface area contributed by atoms with E-state index in [2.05, 4.69) is 28.8 Å². The number of benzene rings is 1. The summed E-state index contributed by atoms with van der Waals surface area (Å²) in [5.74, 6) is 2.91. The molecule has 3 rings (SSSR count). The van der Waals surface area contributed by atoms with Crippen LogP contribution >= 0.6 is 0 Å². The van der Waals surface area contributed by atoms with Gasteiger partial charge in [-0.05, 0) is 19.1 Å². The van der Waals surface area contributed by atoms with Gasteiger partial charge in [0.15, 0.2) is 0 Å². The normalized spacial score (nSPS) is 12.5. The van der Waals surface area contributed by atoms with Gasteiger partial charge in [0.1, 0.15) is 23.4 Å². The van der Waals surface area contributed by atoms with E-state index in [0.717, 1.165) is 28.4 Å². The number of imidazole rings is 2. The molecule has 0 radical (unpaired) electrons. The molecule has 7 heteroatoms. The smallest absolute Gasteiger partial charge is 0.245 e. The Bertz CT molecular complexity index is 927. The zero-order valence-electron chi connectivity index (χ0n) is 16.6. The summed E-state index contributed by atoms with van der Waals surface area (Å²) in [7, 11) is 3.47. The van der Waals surface area contributed by atoms with Crippen LogP contribution < -0.4 is 4.74 Å². The van der Waals surface area contributed by atoms with E-state index in [9.17, 15) is 4.79 Å². The predicted octanol–water partition coefficient (Wildman–Crippen LogP) is 3.15. The maximum absolute atomic E-state index is 12.8. The van der Waals surface area contributed by atoms with Crippen molar-refractivity contribution in [3.63, 3.8) is 0 Å². The van der Waals surface area contributed by atoms with Crippen molar-refractivity contribution >= 4 is 16.9 Å². The van der Waals surface area contributed by atoms with Crippen molar-refractivity contribution in [2.45, 2.75) is 39.2 Å². The molecule has 27 heavy (non-hydrogen) atoms. The number of hydrogen-bond donors (Lipinski definition) is 1. The Morgan fingerprint density at radius 2 is 2.11 bits per heavy atom. The van der Waals surface area contributed by atoms with E-state index in [0.29, 0.717) is 13.0 Å². The van der Waals surface area contributed by atoms with Crippen molar-refractivity contribution in [3.05, 3.63) is 42.2 Å². The minimum Gasteiger partial charge on any atom is -0.497 e. The molecule has 0 fully saturated rings. The Morgan fingerprint density at radius 3 is 2.81 bits per heavy atom. The van der Waals surface area contributed by atoms with Gasteiger partial charge in [-0.3, -0.25) is 4.79 Å². The molecule has 0 aliphatic rings. The Balaban J connectivity index is 1.65. The second-order valence-corrected chi connectivity index (χ2v) is 7.10. The molecule has 2 heterocycles. The van der Waals surface area contributed by atoms with Gasteiger partial charge in [0.05, 0.1) is 18.1 Å². The molecule has 1 aromatic carbocycles. The summed E-state index contributed by atoms with van der Waals surface area (Å²) in [6.07, 6.45) is 4.28. The number of nitrogens with one attached hydrogen (secondary N) is 1. The van der Waals surface area contributed by atoms with Crippen LogP contribution in [0.2, 0.25) is 0 Å². The Kier molecular flexibility index (Phi) is 5.48. The van der Waals surface area contributed by atoms with Gasteiger partial charge in [-0.25, -0.2) is 9.97 Å². The molecular formula is C20H27N5O2. The second kappa shape index (κ2) is 7.82. The zero-order valence-corrected chi connectivity index (χ0v) is 16.6. The Hall–Kier alpha value is -2.83. The lowest BCUT2D eigenvalue weighted by atomic mass is 10.2. The average molecular weight is 369 g/mol. The maximum atomic E-state index is 12.8. The molecule has 0 unspecified atom stereocenters. The first kappa shape index (κ1) is 18.9. The van der Waals surface area contributed by atoms with E-state index in [1.54, 1.807) is 18.2 Å². The lowest BCUT2D eigenvalue weighted by Gasteiger charge is -2.23. The number of carbonyl (C=O) groups excluding carboxylic acids is 1. The number of ether oxygens (including phenoxy) is 1. The van der Waals surface area contributed by atoms with E-state index < -0.39 is 0 Å². The van der Waals surface area contributed by atoms with Crippen molar-refractivity contribution in [1.29, 1.82) is 0 Å². The summed E-state index contributed by atoms with van der Waals surface area (Å²) in [5.41, 5.74) is 1.83. The highest BCUT2D eigenvalue weighted by molar-refractivity contribution is 5.80. The molecule has 7 nitrogen and oxygen atoms in total. The summed E-state index contributed by atoms with van der Waals surface area (Å²) >= 11 is 0. The standard InChI is InChI=1S/C20H27N5O2/c1-13(2)19-21-9-11-25(19)14(3)20(26)24(4)10-8-18-22-16-7-6-15(27-5)12-17(16)23-18/h6-7,9,11-14H,8,10H2,1-5H3,(H,22,23)/t14-/m1/s1. The van der Waals surface area contributed by atoms with Gasteiger partial charge in [0.2, 0.25) is 5.91 Å². The average Bonchev–Trinajstić information content (AvgIpc) is 3.30. The first-order valence-corrected chi connectivity index (χ1v) is 9.21. The fraction of sp³-hybridized carbons (Fsp3) is 0.450. The molecule has 0 saturated heterocycles. The zero-order chi connectivity index (χ0) is 19.6. The Morgan fingerprint density at radius 1 is 1.33 bits per heavy atom. The first-order chi connectivity index (χ1) is 12.9. The molecule has 1 atom stereocenters. The van der Waals surface area contributed by atoms with Crippen LogP contribution in [0.3, 0.4) is 0 Å². The van der Waals surface area contributed by atoms with Gasteiger partial charge in [-0.1, -0.05) is 13.8 Å². The number of fused-ring (bicyclic) bond motifs is 1. The van der Waals surface area contributed by atoms with Crippen molar-refractivity contribution in [2.24, 2.45) is 0 Å². The second-order valence-electron chi connectivity index (χ2n) is 7.10.